The molecule has 146 valence electrons. The van der Waals surface area contributed by atoms with E-state index >= 15 is 0 Å². The summed E-state index contributed by atoms with van der Waals surface area (Å²) in [5.41, 5.74) is 8.52. The molecule has 0 saturated heterocycles. The Bertz CT molecular complexity index is 1280. The van der Waals surface area contributed by atoms with Crippen molar-refractivity contribution in [3.63, 3.8) is 0 Å². The number of nitrogens with one attached hydrogen (secondary N) is 2. The fourth-order valence-electron chi connectivity index (χ4n) is 3.96. The average Bonchev–Trinajstić information content (AvgIpc) is 3.43. The maximum absolute atomic E-state index is 12.4. The molecule has 2 N–H and O–H groups in total. The van der Waals surface area contributed by atoms with Gasteiger partial charge in [-0.2, -0.15) is 10.2 Å². The zero-order valence-electron chi connectivity index (χ0n) is 16.3. The van der Waals surface area contributed by atoms with E-state index in [0.717, 1.165) is 29.7 Å². The molecule has 1 heterocycles. The molecule has 5 rings (SSSR count). The summed E-state index contributed by atoms with van der Waals surface area (Å²) in [6, 6.07) is 22.3. The third kappa shape index (κ3) is 3.42. The number of benzene rings is 3. The molecule has 0 aliphatic heterocycles. The molecular weight excluding hydrogens is 372 g/mol. The van der Waals surface area contributed by atoms with Crippen molar-refractivity contribution in [3.8, 4) is 11.3 Å². The lowest BCUT2D eigenvalue weighted by molar-refractivity contribution is 0.0950. The van der Waals surface area contributed by atoms with Crippen LogP contribution in [-0.2, 0) is 12.8 Å². The summed E-state index contributed by atoms with van der Waals surface area (Å²) in [7, 11) is 0. The van der Waals surface area contributed by atoms with Crippen molar-refractivity contribution in [2.24, 2.45) is 5.10 Å². The number of hydrogen-bond acceptors (Lipinski definition) is 3. The highest BCUT2D eigenvalue weighted by atomic mass is 16.2. The van der Waals surface area contributed by atoms with E-state index in [0.29, 0.717) is 5.69 Å². The Morgan fingerprint density at radius 2 is 1.83 bits per heavy atom. The van der Waals surface area contributed by atoms with E-state index in [1.54, 1.807) is 18.4 Å². The SMILES string of the molecule is O=C(N/N=C/C=C\c1ccccc1)c1cc(-c2ccc3c4c(cccc24)CC3)n[nH]1. The Morgan fingerprint density at radius 3 is 2.70 bits per heavy atom. The molecule has 0 atom stereocenters. The van der Waals surface area contributed by atoms with Gasteiger partial charge in [-0.15, -0.1) is 0 Å². The number of amides is 1. The Balaban J connectivity index is 1.31. The first kappa shape index (κ1) is 18.1. The standard InChI is InChI=1S/C25H20N4O/c30-25(29-26-15-5-8-17-6-2-1-3-7-17)23-16-22(27-28-23)20-14-13-19-12-11-18-9-4-10-21(20)24(18)19/h1-10,13-16H,11-12H2,(H,27,28)(H,29,30)/b8-5-,26-15+. The van der Waals surface area contributed by atoms with Crippen LogP contribution in [0.1, 0.15) is 27.2 Å². The van der Waals surface area contributed by atoms with Crippen molar-refractivity contribution >= 4 is 29.0 Å². The highest BCUT2D eigenvalue weighted by Gasteiger charge is 2.18. The fourth-order valence-corrected chi connectivity index (χ4v) is 3.96. The zero-order chi connectivity index (χ0) is 20.3. The van der Waals surface area contributed by atoms with Gasteiger partial charge in [-0.05, 0) is 52.4 Å². The van der Waals surface area contributed by atoms with E-state index in [1.165, 1.54) is 21.9 Å². The topological polar surface area (TPSA) is 70.1 Å². The van der Waals surface area contributed by atoms with Crippen LogP contribution in [0, 0.1) is 0 Å². The predicted octanol–water partition coefficient (Wildman–Crippen LogP) is 4.76. The first-order chi connectivity index (χ1) is 14.8. The Labute approximate surface area is 174 Å². The number of aromatic nitrogens is 2. The largest absolute Gasteiger partial charge is 0.289 e. The molecule has 1 aliphatic rings. The van der Waals surface area contributed by atoms with Gasteiger partial charge in [0.1, 0.15) is 5.69 Å². The molecule has 5 heteroatoms. The third-order valence-corrected chi connectivity index (χ3v) is 5.39. The van der Waals surface area contributed by atoms with Crippen LogP contribution < -0.4 is 5.43 Å². The molecule has 0 radical (unpaired) electrons. The van der Waals surface area contributed by atoms with Gasteiger partial charge in [0.25, 0.3) is 5.91 Å². The second-order valence-electron chi connectivity index (χ2n) is 7.27. The van der Waals surface area contributed by atoms with Gasteiger partial charge in [-0.1, -0.05) is 66.7 Å². The maximum atomic E-state index is 12.4. The van der Waals surface area contributed by atoms with Gasteiger partial charge < -0.3 is 0 Å². The smallest absolute Gasteiger partial charge is 0.272 e. The number of rotatable bonds is 5. The van der Waals surface area contributed by atoms with Gasteiger partial charge in [0.15, 0.2) is 0 Å². The normalized spacial score (nSPS) is 12.9. The van der Waals surface area contributed by atoms with E-state index in [1.807, 2.05) is 36.4 Å². The number of aromatic amines is 1. The number of H-pyrrole nitrogens is 1. The van der Waals surface area contributed by atoms with E-state index in [4.69, 9.17) is 0 Å². The maximum Gasteiger partial charge on any atom is 0.289 e. The molecule has 0 bridgehead atoms. The van der Waals surface area contributed by atoms with E-state index < -0.39 is 0 Å². The number of carbonyl (C=O) groups excluding carboxylic acids is 1. The summed E-state index contributed by atoms with van der Waals surface area (Å²) >= 11 is 0. The number of hydrazone groups is 1. The highest BCUT2D eigenvalue weighted by Crippen LogP contribution is 2.36. The summed E-state index contributed by atoms with van der Waals surface area (Å²) < 4.78 is 0. The van der Waals surface area contributed by atoms with Crippen LogP contribution in [0.15, 0.2) is 77.9 Å². The van der Waals surface area contributed by atoms with Crippen molar-refractivity contribution in [2.45, 2.75) is 12.8 Å². The minimum absolute atomic E-state index is 0.330. The Kier molecular flexibility index (Phi) is 4.69. The van der Waals surface area contributed by atoms with Crippen LogP contribution in [0.25, 0.3) is 28.1 Å². The molecule has 30 heavy (non-hydrogen) atoms. The number of carbonyl (C=O) groups is 1. The summed E-state index contributed by atoms with van der Waals surface area (Å²) in [4.78, 5) is 12.4. The molecule has 1 amide bonds. The van der Waals surface area contributed by atoms with Crippen molar-refractivity contribution in [1.29, 1.82) is 0 Å². The van der Waals surface area contributed by atoms with Gasteiger partial charge in [0.05, 0.1) is 5.69 Å². The summed E-state index contributed by atoms with van der Waals surface area (Å²) in [5.74, 6) is -0.330. The Hall–Kier alpha value is -3.99. The number of nitrogens with zero attached hydrogens (tertiary/aromatic N) is 2. The van der Waals surface area contributed by atoms with Crippen LogP contribution in [0.3, 0.4) is 0 Å². The molecule has 0 fully saturated rings. The van der Waals surface area contributed by atoms with Gasteiger partial charge >= 0.3 is 0 Å². The monoisotopic (exact) mass is 392 g/mol. The molecule has 3 aromatic carbocycles. The molecule has 1 aliphatic carbocycles. The van der Waals surface area contributed by atoms with Crippen molar-refractivity contribution in [1.82, 2.24) is 15.6 Å². The molecule has 0 unspecified atom stereocenters. The average molecular weight is 392 g/mol. The van der Waals surface area contributed by atoms with Crippen LogP contribution in [0.2, 0.25) is 0 Å². The molecule has 5 nitrogen and oxygen atoms in total. The van der Waals surface area contributed by atoms with Crippen molar-refractivity contribution in [3.05, 3.63) is 95.2 Å². The zero-order valence-corrected chi connectivity index (χ0v) is 16.3. The lowest BCUT2D eigenvalue weighted by atomic mass is 9.98. The Morgan fingerprint density at radius 1 is 1.00 bits per heavy atom. The number of hydrogen-bond donors (Lipinski definition) is 2. The first-order valence-corrected chi connectivity index (χ1v) is 9.94. The van der Waals surface area contributed by atoms with Gasteiger partial charge in [-0.3, -0.25) is 9.89 Å². The third-order valence-electron chi connectivity index (χ3n) is 5.39. The molecule has 1 aromatic heterocycles. The minimum Gasteiger partial charge on any atom is -0.272 e. The summed E-state index contributed by atoms with van der Waals surface area (Å²) in [6.45, 7) is 0. The van der Waals surface area contributed by atoms with E-state index in [2.05, 4.69) is 51.1 Å². The number of allylic oxidation sites excluding steroid dienone is 1. The van der Waals surface area contributed by atoms with Gasteiger partial charge in [0.2, 0.25) is 0 Å². The van der Waals surface area contributed by atoms with Crippen LogP contribution in [0.5, 0.6) is 0 Å². The van der Waals surface area contributed by atoms with Crippen LogP contribution in [0.4, 0.5) is 0 Å². The fraction of sp³-hybridized carbons (Fsp3) is 0.0800. The predicted molar refractivity (Wildman–Crippen MR) is 120 cm³/mol. The van der Waals surface area contributed by atoms with Gasteiger partial charge in [-0.25, -0.2) is 5.43 Å². The number of aryl methyl sites for hydroxylation is 2. The van der Waals surface area contributed by atoms with Crippen molar-refractivity contribution in [2.75, 3.05) is 0 Å². The molecular formula is C25H20N4O. The quantitative estimate of drug-likeness (QED) is 0.380. The summed E-state index contributed by atoms with van der Waals surface area (Å²) in [5, 5.41) is 13.7. The summed E-state index contributed by atoms with van der Waals surface area (Å²) in [6.07, 6.45) is 7.41. The first-order valence-electron chi connectivity index (χ1n) is 9.94. The highest BCUT2D eigenvalue weighted by molar-refractivity contribution is 6.02. The van der Waals surface area contributed by atoms with Gasteiger partial charge in [0, 0.05) is 11.8 Å². The molecule has 0 spiro atoms. The van der Waals surface area contributed by atoms with E-state index in [9.17, 15) is 4.79 Å². The van der Waals surface area contributed by atoms with E-state index in [-0.39, 0.29) is 5.91 Å². The lowest BCUT2D eigenvalue weighted by Gasteiger charge is -2.06. The minimum atomic E-state index is -0.330. The molecule has 0 saturated carbocycles. The molecule has 4 aromatic rings. The lowest BCUT2D eigenvalue weighted by Crippen LogP contribution is -2.17. The van der Waals surface area contributed by atoms with Crippen LogP contribution >= 0.6 is 0 Å². The second-order valence-corrected chi connectivity index (χ2v) is 7.27. The van der Waals surface area contributed by atoms with Crippen molar-refractivity contribution < 1.29 is 4.79 Å². The van der Waals surface area contributed by atoms with Crippen LogP contribution in [-0.4, -0.2) is 22.3 Å². The second kappa shape index (κ2) is 7.79.